The van der Waals surface area contributed by atoms with E-state index in [1.54, 1.807) is 0 Å². The van der Waals surface area contributed by atoms with Crippen LogP contribution in [0.1, 0.15) is 65.4 Å². The van der Waals surface area contributed by atoms with Crippen molar-refractivity contribution >= 4 is 27.8 Å². The van der Waals surface area contributed by atoms with Crippen LogP contribution in [0.5, 0.6) is 0 Å². The molecule has 2 atom stereocenters. The number of aromatic nitrogens is 3. The minimum Gasteiger partial charge on any atom is -0.296 e. The molecule has 2 aliphatic carbocycles. The topological polar surface area (TPSA) is 30.7 Å². The highest BCUT2D eigenvalue weighted by Gasteiger charge is 2.23. The maximum absolute atomic E-state index is 5.39. The molecule has 2 aliphatic rings. The second-order valence-corrected chi connectivity index (χ2v) is 17.2. The number of allylic oxidation sites excluding steroid dienone is 8. The first kappa shape index (κ1) is 39.9. The maximum Gasteiger partial charge on any atom is 0.114 e. The zero-order valence-corrected chi connectivity index (χ0v) is 36.6. The van der Waals surface area contributed by atoms with Gasteiger partial charge in [0.05, 0.1) is 22.4 Å². The van der Waals surface area contributed by atoms with Gasteiger partial charge < -0.3 is 0 Å². The number of aryl methyl sites for hydroxylation is 1. The lowest BCUT2D eigenvalue weighted by atomic mass is 9.80. The molecular weight excluding hydrogens is 787 g/mol. The zero-order chi connectivity index (χ0) is 43.5. The molecule has 312 valence electrons. The first-order valence-corrected chi connectivity index (χ1v) is 22.9. The summed E-state index contributed by atoms with van der Waals surface area (Å²) in [6.07, 6.45) is 14.6. The van der Waals surface area contributed by atoms with E-state index in [1.807, 2.05) is 0 Å². The summed E-state index contributed by atoms with van der Waals surface area (Å²) in [4.78, 5) is 10.3. The van der Waals surface area contributed by atoms with Crippen LogP contribution in [0, 0.1) is 0 Å². The predicted molar refractivity (Wildman–Crippen MR) is 272 cm³/mol. The third kappa shape index (κ3) is 8.25. The average molecular weight is 836 g/mol. The van der Waals surface area contributed by atoms with Gasteiger partial charge in [0.2, 0.25) is 0 Å². The van der Waals surface area contributed by atoms with Gasteiger partial charge >= 0.3 is 0 Å². The quantitative estimate of drug-likeness (QED) is 0.137. The van der Waals surface area contributed by atoms with E-state index in [4.69, 9.17) is 9.97 Å². The summed E-state index contributed by atoms with van der Waals surface area (Å²) in [7, 11) is 0. The first-order chi connectivity index (χ1) is 32.1. The number of hydrogen-bond acceptors (Lipinski definition) is 2. The van der Waals surface area contributed by atoms with Crippen LogP contribution in [0.15, 0.2) is 231 Å². The van der Waals surface area contributed by atoms with Crippen molar-refractivity contribution < 1.29 is 0 Å². The lowest BCUT2D eigenvalue weighted by Gasteiger charge is -2.25. The number of fused-ring (bicyclic) bond motifs is 1. The Morgan fingerprint density at radius 3 is 1.85 bits per heavy atom. The second kappa shape index (κ2) is 17.7. The van der Waals surface area contributed by atoms with Crippen molar-refractivity contribution in [1.82, 2.24) is 14.5 Å². The molecule has 0 saturated heterocycles. The van der Waals surface area contributed by atoms with Crippen LogP contribution in [0.2, 0.25) is 0 Å². The summed E-state index contributed by atoms with van der Waals surface area (Å²) in [6, 6.07) is 72.3. The first-order valence-electron chi connectivity index (χ1n) is 22.9. The van der Waals surface area contributed by atoms with E-state index in [2.05, 4.69) is 242 Å². The van der Waals surface area contributed by atoms with E-state index in [1.165, 1.54) is 55.7 Å². The largest absolute Gasteiger partial charge is 0.296 e. The Kier molecular flexibility index (Phi) is 10.9. The van der Waals surface area contributed by atoms with Crippen molar-refractivity contribution in [3.05, 3.63) is 264 Å². The van der Waals surface area contributed by atoms with E-state index < -0.39 is 0 Å². The normalized spacial score (nSPS) is 15.9. The Labute approximate surface area is 382 Å². The number of rotatable bonds is 10. The molecular formula is C62H49N3. The van der Waals surface area contributed by atoms with Crippen LogP contribution < -0.4 is 0 Å². The summed E-state index contributed by atoms with van der Waals surface area (Å²) in [6.45, 7) is 2.17. The molecule has 0 bridgehead atoms. The van der Waals surface area contributed by atoms with E-state index in [9.17, 15) is 0 Å². The molecule has 7 aromatic carbocycles. The zero-order valence-electron chi connectivity index (χ0n) is 36.6. The highest BCUT2D eigenvalue weighted by atomic mass is 15.1. The van der Waals surface area contributed by atoms with Crippen LogP contribution in [0.3, 0.4) is 0 Å². The summed E-state index contributed by atoms with van der Waals surface area (Å²) in [5.74, 6) is 1.47. The van der Waals surface area contributed by atoms with Crippen molar-refractivity contribution in [3.63, 3.8) is 0 Å². The number of benzene rings is 7. The fourth-order valence-electron chi connectivity index (χ4n) is 9.67. The third-order valence-electron chi connectivity index (χ3n) is 13.0. The molecule has 0 spiro atoms. The van der Waals surface area contributed by atoms with E-state index in [0.717, 1.165) is 64.3 Å². The summed E-state index contributed by atoms with van der Waals surface area (Å²) < 4.78 is 2.28. The summed E-state index contributed by atoms with van der Waals surface area (Å²) >= 11 is 0. The van der Waals surface area contributed by atoms with Crippen molar-refractivity contribution in [2.75, 3.05) is 0 Å². The number of hydrogen-bond donors (Lipinski definition) is 0. The van der Waals surface area contributed by atoms with E-state index in [-0.39, 0.29) is 11.8 Å². The number of pyridine rings is 1. The molecule has 3 nitrogen and oxygen atoms in total. The Hall–Kier alpha value is -7.88. The summed E-state index contributed by atoms with van der Waals surface area (Å²) in [5.41, 5.74) is 20.1. The molecule has 2 heterocycles. The van der Waals surface area contributed by atoms with Gasteiger partial charge in [-0.15, -0.1) is 0 Å². The second-order valence-electron chi connectivity index (χ2n) is 17.2. The molecule has 0 amide bonds. The van der Waals surface area contributed by atoms with Gasteiger partial charge in [0, 0.05) is 29.5 Å². The number of nitrogens with zero attached hydrogens (tertiary/aromatic N) is 3. The summed E-state index contributed by atoms with van der Waals surface area (Å²) in [5, 5.41) is 0. The van der Waals surface area contributed by atoms with Gasteiger partial charge in [0.25, 0.3) is 0 Å². The fraction of sp³-hybridized carbons (Fsp3) is 0.0968. The standard InChI is InChI=1S/C62H49N3/c1-2-62-64-58-29-12-13-30-61(58)65(62)57-33-31-45(32-34-57)47-23-14-24-48(35-47)49-25-15-26-50(36-49)51-27-16-28-52(37-51)60-42-56(41-59(63-60)46-21-10-5-11-22-46)55-39-53(43-17-6-3-7-18-43)38-54(40-55)44-19-8-4-9-20-44/h3-26,28-39,41-42,51,55H,2,27,40H2,1H3. The van der Waals surface area contributed by atoms with E-state index in [0.29, 0.717) is 0 Å². The third-order valence-corrected chi connectivity index (χ3v) is 13.0. The lowest BCUT2D eigenvalue weighted by Crippen LogP contribution is -2.07. The predicted octanol–water partition coefficient (Wildman–Crippen LogP) is 15.8. The molecule has 11 rings (SSSR count). The Balaban J connectivity index is 0.907. The smallest absolute Gasteiger partial charge is 0.114 e. The number of imidazole rings is 1. The molecule has 0 saturated carbocycles. The Morgan fingerprint density at radius 1 is 0.477 bits per heavy atom. The van der Waals surface area contributed by atoms with Crippen molar-refractivity contribution in [3.8, 4) is 39.2 Å². The van der Waals surface area contributed by atoms with Gasteiger partial charge in [-0.1, -0.05) is 195 Å². The minimum atomic E-state index is 0.176. The van der Waals surface area contributed by atoms with Crippen LogP contribution >= 0.6 is 0 Å². The minimum absolute atomic E-state index is 0.176. The molecule has 0 N–H and O–H groups in total. The van der Waals surface area contributed by atoms with Crippen molar-refractivity contribution in [1.29, 1.82) is 0 Å². The average Bonchev–Trinajstić information content (AvgIpc) is 3.78. The Bertz CT molecular complexity index is 3280. The molecule has 9 aromatic rings. The SMILES string of the molecule is CCc1nc2ccccc2n1-c1ccc(-c2cccc(-c3cccc(C4C=C(c5cc(C6C=C(c7ccccc7)C=C(c7ccccc7)C6)cc(-c6ccccc6)n5)C=CC4)c3)c2)cc1. The molecule has 0 radical (unpaired) electrons. The van der Waals surface area contributed by atoms with Crippen LogP contribution in [-0.4, -0.2) is 14.5 Å². The highest BCUT2D eigenvalue weighted by Crippen LogP contribution is 2.42. The van der Waals surface area contributed by atoms with Crippen molar-refractivity contribution in [2.45, 2.75) is 38.0 Å². The molecule has 2 aromatic heterocycles. The van der Waals surface area contributed by atoms with Gasteiger partial charge in [0.15, 0.2) is 0 Å². The van der Waals surface area contributed by atoms with Crippen LogP contribution in [0.25, 0.3) is 67.0 Å². The maximum atomic E-state index is 5.39. The molecule has 2 unspecified atom stereocenters. The molecule has 0 fully saturated rings. The monoisotopic (exact) mass is 835 g/mol. The van der Waals surface area contributed by atoms with Crippen molar-refractivity contribution in [2.24, 2.45) is 0 Å². The van der Waals surface area contributed by atoms with Gasteiger partial charge in [-0.3, -0.25) is 4.57 Å². The number of para-hydroxylation sites is 2. The van der Waals surface area contributed by atoms with Crippen LogP contribution in [0.4, 0.5) is 0 Å². The fourth-order valence-corrected chi connectivity index (χ4v) is 9.67. The molecule has 3 heteroatoms. The van der Waals surface area contributed by atoms with Gasteiger partial charge in [-0.2, -0.15) is 0 Å². The van der Waals surface area contributed by atoms with Gasteiger partial charge in [0.1, 0.15) is 5.82 Å². The van der Waals surface area contributed by atoms with Gasteiger partial charge in [-0.25, -0.2) is 9.97 Å². The highest BCUT2D eigenvalue weighted by molar-refractivity contribution is 5.87. The molecule has 65 heavy (non-hydrogen) atoms. The van der Waals surface area contributed by atoms with Gasteiger partial charge in [-0.05, 0) is 117 Å². The Morgan fingerprint density at radius 2 is 1.09 bits per heavy atom. The molecule has 0 aliphatic heterocycles. The van der Waals surface area contributed by atoms with E-state index >= 15 is 0 Å². The van der Waals surface area contributed by atoms with Crippen LogP contribution in [-0.2, 0) is 6.42 Å². The lowest BCUT2D eigenvalue weighted by molar-refractivity contribution is 0.853.